The van der Waals surface area contributed by atoms with Gasteiger partial charge < -0.3 is 14.6 Å². The molecule has 0 aliphatic rings. The van der Waals surface area contributed by atoms with Crippen LogP contribution >= 0.6 is 0 Å². The number of nitrogens with zero attached hydrogens (tertiary/aromatic N) is 2. The van der Waals surface area contributed by atoms with Crippen LogP contribution in [0.2, 0.25) is 0 Å². The van der Waals surface area contributed by atoms with Gasteiger partial charge in [-0.15, -0.1) is 0 Å². The van der Waals surface area contributed by atoms with E-state index in [9.17, 15) is 0 Å². The fourth-order valence-corrected chi connectivity index (χ4v) is 1.21. The molecule has 0 aliphatic carbocycles. The molecule has 4 nitrogen and oxygen atoms in total. The topological polar surface area (TPSA) is 39.1 Å². The van der Waals surface area contributed by atoms with Gasteiger partial charge in [-0.3, -0.25) is 0 Å². The highest BCUT2D eigenvalue weighted by Crippen LogP contribution is 1.95. The average Bonchev–Trinajstić information content (AvgIpc) is 2.63. The molecule has 0 saturated heterocycles. The molecule has 0 unspecified atom stereocenters. The highest BCUT2D eigenvalue weighted by Gasteiger charge is 1.97. The fraction of sp³-hybridized carbons (Fsp3) is 0.700. The molecule has 1 heterocycles. The highest BCUT2D eigenvalue weighted by atomic mass is 16.5. The molecule has 0 fully saturated rings. The van der Waals surface area contributed by atoms with Gasteiger partial charge in [-0.25, -0.2) is 4.98 Å². The van der Waals surface area contributed by atoms with E-state index in [1.165, 1.54) is 0 Å². The van der Waals surface area contributed by atoms with Gasteiger partial charge in [0.05, 0.1) is 18.6 Å². The van der Waals surface area contributed by atoms with Crippen molar-refractivity contribution < 1.29 is 4.74 Å². The maximum Gasteiger partial charge on any atom is 0.0950 e. The van der Waals surface area contributed by atoms with Crippen molar-refractivity contribution in [2.75, 3.05) is 20.3 Å². The number of ether oxygens (including phenoxy) is 1. The minimum absolute atomic E-state index is 0.734. The van der Waals surface area contributed by atoms with Crippen LogP contribution in [-0.2, 0) is 17.8 Å². The second-order valence-corrected chi connectivity index (χ2v) is 3.27. The maximum absolute atomic E-state index is 4.99. The number of hydrogen-bond donors (Lipinski definition) is 1. The zero-order valence-electron chi connectivity index (χ0n) is 8.99. The molecule has 0 radical (unpaired) electrons. The highest BCUT2D eigenvalue weighted by molar-refractivity contribution is 4.95. The van der Waals surface area contributed by atoms with E-state index in [-0.39, 0.29) is 0 Å². The van der Waals surface area contributed by atoms with E-state index in [0.717, 1.165) is 38.4 Å². The molecule has 0 aromatic carbocycles. The quantitative estimate of drug-likeness (QED) is 0.664. The summed E-state index contributed by atoms with van der Waals surface area (Å²) in [5.41, 5.74) is 1.09. The molecule has 1 aromatic heterocycles. The van der Waals surface area contributed by atoms with Crippen molar-refractivity contribution in [1.29, 1.82) is 0 Å². The molecular formula is C10H19N3O. The number of nitrogens with one attached hydrogen (secondary N) is 1. The van der Waals surface area contributed by atoms with Crippen LogP contribution in [0.1, 0.15) is 19.0 Å². The lowest BCUT2D eigenvalue weighted by Crippen LogP contribution is -2.13. The van der Waals surface area contributed by atoms with Crippen LogP contribution in [0.25, 0.3) is 0 Å². The Balaban J connectivity index is 2.27. The lowest BCUT2D eigenvalue weighted by atomic mass is 10.4. The number of methoxy groups -OCH3 is 1. The molecule has 0 atom stereocenters. The molecule has 0 saturated carbocycles. The van der Waals surface area contributed by atoms with Crippen molar-refractivity contribution in [2.24, 2.45) is 0 Å². The third kappa shape index (κ3) is 3.89. The first-order valence-corrected chi connectivity index (χ1v) is 5.07. The van der Waals surface area contributed by atoms with Crippen molar-refractivity contribution in [3.8, 4) is 0 Å². The van der Waals surface area contributed by atoms with Gasteiger partial charge in [0.15, 0.2) is 0 Å². The zero-order valence-corrected chi connectivity index (χ0v) is 8.99. The van der Waals surface area contributed by atoms with Crippen LogP contribution in [-0.4, -0.2) is 29.8 Å². The Hall–Kier alpha value is -0.870. The molecule has 0 aliphatic heterocycles. The van der Waals surface area contributed by atoms with Gasteiger partial charge in [-0.2, -0.15) is 0 Å². The molecule has 0 spiro atoms. The van der Waals surface area contributed by atoms with E-state index < -0.39 is 0 Å². The lowest BCUT2D eigenvalue weighted by molar-refractivity contribution is 0.187. The summed E-state index contributed by atoms with van der Waals surface area (Å²) in [6.45, 7) is 5.67. The fourth-order valence-electron chi connectivity index (χ4n) is 1.21. The smallest absolute Gasteiger partial charge is 0.0950 e. The summed E-state index contributed by atoms with van der Waals surface area (Å²) < 4.78 is 7.04. The van der Waals surface area contributed by atoms with Gasteiger partial charge in [0.2, 0.25) is 0 Å². The Labute approximate surface area is 85.3 Å². The number of rotatable bonds is 7. The minimum Gasteiger partial charge on any atom is -0.383 e. The van der Waals surface area contributed by atoms with Crippen LogP contribution < -0.4 is 5.32 Å². The monoisotopic (exact) mass is 197 g/mol. The zero-order chi connectivity index (χ0) is 10.2. The summed E-state index contributed by atoms with van der Waals surface area (Å²) in [5.74, 6) is 0. The molecular weight excluding hydrogens is 178 g/mol. The second kappa shape index (κ2) is 6.56. The minimum atomic E-state index is 0.734. The van der Waals surface area contributed by atoms with Crippen LogP contribution in [0.3, 0.4) is 0 Å². The van der Waals surface area contributed by atoms with Crippen LogP contribution in [0.4, 0.5) is 0 Å². The SMILES string of the molecule is CCCNCc1cn(CCOC)cn1. The molecule has 0 amide bonds. The van der Waals surface area contributed by atoms with Gasteiger partial charge in [-0.05, 0) is 13.0 Å². The van der Waals surface area contributed by atoms with Crippen molar-refractivity contribution in [3.63, 3.8) is 0 Å². The standard InChI is InChI=1S/C10H19N3O/c1-3-4-11-7-10-8-13(9-12-10)5-6-14-2/h8-9,11H,3-7H2,1-2H3. The van der Waals surface area contributed by atoms with Gasteiger partial charge in [0.25, 0.3) is 0 Å². The van der Waals surface area contributed by atoms with Crippen molar-refractivity contribution in [2.45, 2.75) is 26.4 Å². The van der Waals surface area contributed by atoms with E-state index in [0.29, 0.717) is 0 Å². The van der Waals surface area contributed by atoms with Crippen molar-refractivity contribution in [1.82, 2.24) is 14.9 Å². The largest absolute Gasteiger partial charge is 0.383 e. The normalized spacial score (nSPS) is 10.7. The van der Waals surface area contributed by atoms with Crippen LogP contribution in [0, 0.1) is 0 Å². The van der Waals surface area contributed by atoms with E-state index in [4.69, 9.17) is 4.74 Å². The third-order valence-corrected chi connectivity index (χ3v) is 1.97. The molecule has 1 N–H and O–H groups in total. The average molecular weight is 197 g/mol. The lowest BCUT2D eigenvalue weighted by Gasteiger charge is -2.00. The van der Waals surface area contributed by atoms with Crippen LogP contribution in [0.5, 0.6) is 0 Å². The summed E-state index contributed by atoms with van der Waals surface area (Å²) in [4.78, 5) is 4.29. The third-order valence-electron chi connectivity index (χ3n) is 1.97. The Morgan fingerprint density at radius 2 is 2.43 bits per heavy atom. The Bertz CT molecular complexity index is 247. The van der Waals surface area contributed by atoms with Crippen molar-refractivity contribution in [3.05, 3.63) is 18.2 Å². The second-order valence-electron chi connectivity index (χ2n) is 3.27. The van der Waals surface area contributed by atoms with Gasteiger partial charge in [-0.1, -0.05) is 6.92 Å². The molecule has 1 aromatic rings. The molecule has 80 valence electrons. The maximum atomic E-state index is 4.99. The number of aromatic nitrogens is 2. The van der Waals surface area contributed by atoms with Gasteiger partial charge in [0.1, 0.15) is 0 Å². The van der Waals surface area contributed by atoms with Gasteiger partial charge >= 0.3 is 0 Å². The molecule has 0 bridgehead atoms. The van der Waals surface area contributed by atoms with Gasteiger partial charge in [0, 0.05) is 26.4 Å². The van der Waals surface area contributed by atoms with E-state index in [2.05, 4.69) is 23.4 Å². The Morgan fingerprint density at radius 1 is 1.57 bits per heavy atom. The Kier molecular flexibility index (Phi) is 5.25. The summed E-state index contributed by atoms with van der Waals surface area (Å²) in [6, 6.07) is 0. The van der Waals surface area contributed by atoms with E-state index in [1.807, 2.05) is 10.9 Å². The van der Waals surface area contributed by atoms with E-state index in [1.54, 1.807) is 7.11 Å². The predicted octanol–water partition coefficient (Wildman–Crippen LogP) is 1.03. The summed E-state index contributed by atoms with van der Waals surface area (Å²) in [6.07, 6.45) is 5.06. The first kappa shape index (κ1) is 11.2. The number of hydrogen-bond acceptors (Lipinski definition) is 3. The first-order chi connectivity index (χ1) is 6.86. The molecule has 14 heavy (non-hydrogen) atoms. The number of imidazole rings is 1. The van der Waals surface area contributed by atoms with Crippen LogP contribution in [0.15, 0.2) is 12.5 Å². The first-order valence-electron chi connectivity index (χ1n) is 5.07. The Morgan fingerprint density at radius 3 is 3.14 bits per heavy atom. The predicted molar refractivity (Wildman–Crippen MR) is 56.1 cm³/mol. The summed E-state index contributed by atoms with van der Waals surface area (Å²) >= 11 is 0. The molecule has 1 rings (SSSR count). The van der Waals surface area contributed by atoms with Crippen molar-refractivity contribution >= 4 is 0 Å². The summed E-state index contributed by atoms with van der Waals surface area (Å²) in [7, 11) is 1.71. The summed E-state index contributed by atoms with van der Waals surface area (Å²) in [5, 5.41) is 3.31. The molecule has 4 heteroatoms. The van der Waals surface area contributed by atoms with E-state index >= 15 is 0 Å².